The Kier molecular flexibility index (Phi) is 5.73. The first kappa shape index (κ1) is 19.1. The van der Waals surface area contributed by atoms with Crippen LogP contribution >= 0.6 is 0 Å². The van der Waals surface area contributed by atoms with Gasteiger partial charge in [0.15, 0.2) is 0 Å². The minimum atomic E-state index is -3.64. The molecule has 0 radical (unpaired) electrons. The van der Waals surface area contributed by atoms with Crippen molar-refractivity contribution >= 4 is 20.8 Å². The van der Waals surface area contributed by atoms with E-state index in [0.717, 1.165) is 29.4 Å². The number of fused-ring (bicyclic) bond motifs is 1. The summed E-state index contributed by atoms with van der Waals surface area (Å²) in [5.41, 5.74) is 0.978. The molecule has 0 aromatic heterocycles. The van der Waals surface area contributed by atoms with Gasteiger partial charge in [0.2, 0.25) is 10.0 Å². The summed E-state index contributed by atoms with van der Waals surface area (Å²) in [6.07, 6.45) is 0. The number of hydrogen-bond acceptors (Lipinski definition) is 3. The zero-order valence-electron chi connectivity index (χ0n) is 15.7. The highest BCUT2D eigenvalue weighted by atomic mass is 32.2. The lowest BCUT2D eigenvalue weighted by Crippen LogP contribution is -3.14. The standard InChI is InChI=1S/C22H24N2O3S/c25-28(26,21-11-10-18-6-4-5-9-20(18)16-21)23-22(19-7-2-1-3-8-19)17-24-12-14-27-15-13-24/h1-11,16,22-23H,12-15,17H2/p+1/t22-/m1/s1. The highest BCUT2D eigenvalue weighted by Crippen LogP contribution is 2.21. The fraction of sp³-hybridized carbons (Fsp3) is 0.273. The van der Waals surface area contributed by atoms with Crippen LogP contribution in [0.4, 0.5) is 0 Å². The van der Waals surface area contributed by atoms with Crippen LogP contribution in [0.25, 0.3) is 10.8 Å². The fourth-order valence-corrected chi connectivity index (χ4v) is 4.92. The van der Waals surface area contributed by atoms with E-state index in [1.54, 1.807) is 12.1 Å². The molecular weight excluding hydrogens is 372 g/mol. The van der Waals surface area contributed by atoms with Crippen LogP contribution in [0.2, 0.25) is 0 Å². The Morgan fingerprint density at radius 2 is 1.57 bits per heavy atom. The molecule has 0 amide bonds. The molecule has 1 heterocycles. The number of rotatable bonds is 6. The summed E-state index contributed by atoms with van der Waals surface area (Å²) in [7, 11) is -3.64. The molecule has 1 aliphatic heterocycles. The van der Waals surface area contributed by atoms with Crippen molar-refractivity contribution in [1.82, 2.24) is 4.72 Å². The maximum Gasteiger partial charge on any atom is 0.241 e. The van der Waals surface area contributed by atoms with Crippen LogP contribution in [-0.2, 0) is 14.8 Å². The quantitative estimate of drug-likeness (QED) is 0.667. The molecule has 1 atom stereocenters. The number of hydrogen-bond donors (Lipinski definition) is 2. The number of benzene rings is 3. The normalized spacial score (nSPS) is 16.9. The van der Waals surface area contributed by atoms with E-state index in [1.165, 1.54) is 4.90 Å². The topological polar surface area (TPSA) is 59.8 Å². The van der Waals surface area contributed by atoms with Crippen molar-refractivity contribution in [3.05, 3.63) is 78.4 Å². The first-order chi connectivity index (χ1) is 13.6. The molecule has 0 aliphatic carbocycles. The van der Waals surface area contributed by atoms with Crippen LogP contribution in [0, 0.1) is 0 Å². The van der Waals surface area contributed by atoms with Crippen molar-refractivity contribution in [1.29, 1.82) is 0 Å². The van der Waals surface area contributed by atoms with Gasteiger partial charge in [-0.2, -0.15) is 4.72 Å². The van der Waals surface area contributed by atoms with Crippen LogP contribution in [-0.4, -0.2) is 41.3 Å². The molecule has 4 rings (SSSR count). The zero-order chi connectivity index (χ0) is 19.4. The van der Waals surface area contributed by atoms with Gasteiger partial charge in [0.25, 0.3) is 0 Å². The third-order valence-corrected chi connectivity index (χ3v) is 6.69. The van der Waals surface area contributed by atoms with E-state index in [2.05, 4.69) is 4.72 Å². The Bertz CT molecular complexity index is 1030. The SMILES string of the molecule is O=S(=O)(N[C@H](C[NH+]1CCOCC1)c1ccccc1)c1ccc2ccccc2c1. The molecule has 1 saturated heterocycles. The molecule has 5 nitrogen and oxygen atoms in total. The number of nitrogens with one attached hydrogen (secondary N) is 2. The van der Waals surface area contributed by atoms with Gasteiger partial charge in [0, 0.05) is 0 Å². The van der Waals surface area contributed by atoms with Gasteiger partial charge in [-0.15, -0.1) is 0 Å². The lowest BCUT2D eigenvalue weighted by Gasteiger charge is -2.28. The molecule has 28 heavy (non-hydrogen) atoms. The minimum absolute atomic E-state index is 0.286. The summed E-state index contributed by atoms with van der Waals surface area (Å²) >= 11 is 0. The number of ether oxygens (including phenoxy) is 1. The van der Waals surface area contributed by atoms with Gasteiger partial charge >= 0.3 is 0 Å². The second kappa shape index (κ2) is 8.41. The van der Waals surface area contributed by atoms with Gasteiger partial charge in [0.1, 0.15) is 13.1 Å². The molecule has 0 spiro atoms. The Morgan fingerprint density at radius 1 is 0.893 bits per heavy atom. The van der Waals surface area contributed by atoms with Gasteiger partial charge in [-0.3, -0.25) is 0 Å². The first-order valence-electron chi connectivity index (χ1n) is 9.59. The molecule has 6 heteroatoms. The zero-order valence-corrected chi connectivity index (χ0v) is 16.5. The third kappa shape index (κ3) is 4.42. The van der Waals surface area contributed by atoms with E-state index in [0.29, 0.717) is 24.7 Å². The first-order valence-corrected chi connectivity index (χ1v) is 11.1. The monoisotopic (exact) mass is 397 g/mol. The summed E-state index contributed by atoms with van der Waals surface area (Å²) in [5, 5.41) is 1.94. The lowest BCUT2D eigenvalue weighted by molar-refractivity contribution is -0.909. The van der Waals surface area contributed by atoms with Crippen molar-refractivity contribution in [2.45, 2.75) is 10.9 Å². The van der Waals surface area contributed by atoms with Gasteiger partial charge in [-0.25, -0.2) is 8.42 Å². The average Bonchev–Trinajstić information content (AvgIpc) is 2.74. The molecule has 146 valence electrons. The van der Waals surface area contributed by atoms with E-state index in [1.807, 2.05) is 60.7 Å². The molecule has 0 saturated carbocycles. The number of morpholine rings is 1. The molecule has 1 aliphatic rings. The van der Waals surface area contributed by atoms with Crippen LogP contribution < -0.4 is 9.62 Å². The molecule has 2 N–H and O–H groups in total. The second-order valence-corrected chi connectivity index (χ2v) is 8.87. The molecular formula is C22H25N2O3S+. The predicted octanol–water partition coefficient (Wildman–Crippen LogP) is 1.77. The molecule has 3 aromatic rings. The van der Waals surface area contributed by atoms with E-state index in [9.17, 15) is 8.42 Å². The fourth-order valence-electron chi connectivity index (χ4n) is 3.66. The van der Waals surface area contributed by atoms with Crippen LogP contribution in [0.1, 0.15) is 11.6 Å². The number of sulfonamides is 1. The Labute approximate surface area is 166 Å². The maximum atomic E-state index is 13.2. The van der Waals surface area contributed by atoms with Crippen molar-refractivity contribution in [3.63, 3.8) is 0 Å². The van der Waals surface area contributed by atoms with Crippen LogP contribution in [0.5, 0.6) is 0 Å². The number of quaternary nitrogens is 1. The van der Waals surface area contributed by atoms with E-state index in [-0.39, 0.29) is 6.04 Å². The van der Waals surface area contributed by atoms with Crippen molar-refractivity contribution in [3.8, 4) is 0 Å². The minimum Gasteiger partial charge on any atom is -0.370 e. The van der Waals surface area contributed by atoms with E-state index >= 15 is 0 Å². The van der Waals surface area contributed by atoms with Gasteiger partial charge in [0.05, 0.1) is 30.7 Å². The predicted molar refractivity (Wildman–Crippen MR) is 110 cm³/mol. The van der Waals surface area contributed by atoms with Gasteiger partial charge in [-0.1, -0.05) is 60.7 Å². The van der Waals surface area contributed by atoms with Crippen molar-refractivity contribution in [2.75, 3.05) is 32.8 Å². The highest BCUT2D eigenvalue weighted by molar-refractivity contribution is 7.89. The van der Waals surface area contributed by atoms with Crippen molar-refractivity contribution in [2.24, 2.45) is 0 Å². The summed E-state index contributed by atoms with van der Waals surface area (Å²) in [4.78, 5) is 1.64. The Hall–Kier alpha value is -2.25. The molecule has 3 aromatic carbocycles. The Balaban J connectivity index is 1.61. The summed E-state index contributed by atoms with van der Waals surface area (Å²) in [5.74, 6) is 0. The molecule has 1 fully saturated rings. The van der Waals surface area contributed by atoms with Crippen molar-refractivity contribution < 1.29 is 18.1 Å². The van der Waals surface area contributed by atoms with E-state index < -0.39 is 10.0 Å². The molecule has 0 bridgehead atoms. The molecule has 0 unspecified atom stereocenters. The van der Waals surface area contributed by atoms with E-state index in [4.69, 9.17) is 4.74 Å². The maximum absolute atomic E-state index is 13.2. The summed E-state index contributed by atoms with van der Waals surface area (Å²) in [6.45, 7) is 3.91. The second-order valence-electron chi connectivity index (χ2n) is 7.16. The summed E-state index contributed by atoms with van der Waals surface area (Å²) in [6, 6.07) is 22.6. The third-order valence-electron chi connectivity index (χ3n) is 5.22. The van der Waals surface area contributed by atoms with Gasteiger partial charge in [-0.05, 0) is 28.5 Å². The van der Waals surface area contributed by atoms with Crippen LogP contribution in [0.3, 0.4) is 0 Å². The smallest absolute Gasteiger partial charge is 0.241 e. The highest BCUT2D eigenvalue weighted by Gasteiger charge is 2.26. The average molecular weight is 398 g/mol. The largest absolute Gasteiger partial charge is 0.370 e. The van der Waals surface area contributed by atoms with Crippen LogP contribution in [0.15, 0.2) is 77.7 Å². The van der Waals surface area contributed by atoms with Gasteiger partial charge < -0.3 is 9.64 Å². The Morgan fingerprint density at radius 3 is 2.32 bits per heavy atom. The lowest BCUT2D eigenvalue weighted by atomic mass is 10.1. The summed E-state index contributed by atoms with van der Waals surface area (Å²) < 4.78 is 34.7.